The van der Waals surface area contributed by atoms with Gasteiger partial charge in [-0.1, -0.05) is 6.92 Å². The molecular formula is C19H26F2O2. The summed E-state index contributed by atoms with van der Waals surface area (Å²) in [5, 5.41) is 0. The highest BCUT2D eigenvalue weighted by atomic mass is 19.2. The molecule has 0 atom stereocenters. The average molecular weight is 324 g/mol. The van der Waals surface area contributed by atoms with Crippen molar-refractivity contribution in [3.63, 3.8) is 0 Å². The van der Waals surface area contributed by atoms with E-state index in [9.17, 15) is 9.18 Å². The highest BCUT2D eigenvalue weighted by molar-refractivity contribution is 5.67. The van der Waals surface area contributed by atoms with Crippen LogP contribution in [0.1, 0.15) is 78.1 Å². The fraction of sp³-hybridized carbons (Fsp3) is 0.842. The van der Waals surface area contributed by atoms with Crippen LogP contribution in [0.2, 0.25) is 0 Å². The van der Waals surface area contributed by atoms with E-state index in [1.165, 1.54) is 6.92 Å². The Morgan fingerprint density at radius 3 is 1.87 bits per heavy atom. The van der Waals surface area contributed by atoms with E-state index in [1.807, 2.05) is 0 Å². The van der Waals surface area contributed by atoms with Crippen LogP contribution < -0.4 is 0 Å². The maximum atomic E-state index is 15.3. The first kappa shape index (κ1) is 15.6. The molecule has 4 bridgehead atoms. The Balaban J connectivity index is 1.74. The third-order valence-corrected chi connectivity index (χ3v) is 7.90. The number of hydrogen-bond donors (Lipinski definition) is 0. The summed E-state index contributed by atoms with van der Waals surface area (Å²) in [5.74, 6) is -1.88. The fourth-order valence-electron chi connectivity index (χ4n) is 6.21. The van der Waals surface area contributed by atoms with Gasteiger partial charge in [-0.05, 0) is 75.0 Å². The smallest absolute Gasteiger partial charge is 0.303 e. The van der Waals surface area contributed by atoms with E-state index in [2.05, 4.69) is 6.92 Å². The van der Waals surface area contributed by atoms with Gasteiger partial charge < -0.3 is 4.74 Å². The molecule has 23 heavy (non-hydrogen) atoms. The molecule has 4 heteroatoms. The highest BCUT2D eigenvalue weighted by Gasteiger charge is 2.66. The molecule has 0 amide bonds. The summed E-state index contributed by atoms with van der Waals surface area (Å²) in [4.78, 5) is 11.4. The van der Waals surface area contributed by atoms with Crippen LogP contribution in [0.5, 0.6) is 0 Å². The van der Waals surface area contributed by atoms with Crippen LogP contribution in [-0.4, -0.2) is 11.6 Å². The van der Waals surface area contributed by atoms with E-state index in [-0.39, 0.29) is 5.41 Å². The minimum Gasteiger partial charge on any atom is -0.452 e. The minimum absolute atomic E-state index is 0.0744. The molecule has 0 radical (unpaired) electrons. The Bertz CT molecular complexity index is 560. The van der Waals surface area contributed by atoms with Crippen LogP contribution in [0.4, 0.5) is 8.78 Å². The summed E-state index contributed by atoms with van der Waals surface area (Å²) < 4.78 is 35.4. The van der Waals surface area contributed by atoms with Crippen LogP contribution in [0.15, 0.2) is 11.7 Å². The van der Waals surface area contributed by atoms with E-state index in [0.717, 1.165) is 38.5 Å². The summed E-state index contributed by atoms with van der Waals surface area (Å²) in [6, 6.07) is 0. The van der Waals surface area contributed by atoms with Gasteiger partial charge in [0, 0.05) is 12.3 Å². The van der Waals surface area contributed by atoms with Crippen LogP contribution in [0.25, 0.3) is 0 Å². The van der Waals surface area contributed by atoms with Gasteiger partial charge in [-0.3, -0.25) is 4.79 Å². The van der Waals surface area contributed by atoms with E-state index >= 15 is 4.39 Å². The molecule has 0 saturated heterocycles. The van der Waals surface area contributed by atoms with Crippen molar-refractivity contribution in [2.24, 2.45) is 16.2 Å². The summed E-state index contributed by atoms with van der Waals surface area (Å²) >= 11 is 0. The third kappa shape index (κ3) is 1.87. The molecule has 4 fully saturated rings. The molecule has 0 unspecified atom stereocenters. The van der Waals surface area contributed by atoms with Crippen molar-refractivity contribution in [1.29, 1.82) is 0 Å². The van der Waals surface area contributed by atoms with Gasteiger partial charge in [0.25, 0.3) is 0 Å². The molecule has 0 N–H and O–H groups in total. The minimum atomic E-state index is -1.31. The molecular weight excluding hydrogens is 298 g/mol. The predicted molar refractivity (Wildman–Crippen MR) is 82.9 cm³/mol. The summed E-state index contributed by atoms with van der Waals surface area (Å²) in [5.41, 5.74) is -1.61. The average Bonchev–Trinajstić information content (AvgIpc) is 2.53. The van der Waals surface area contributed by atoms with E-state index in [0.29, 0.717) is 31.1 Å². The summed E-state index contributed by atoms with van der Waals surface area (Å²) in [7, 11) is 0. The van der Waals surface area contributed by atoms with Crippen LogP contribution in [0, 0.1) is 16.2 Å². The predicted octanol–water partition coefficient (Wildman–Crippen LogP) is 5.37. The number of rotatable bonds is 2. The van der Waals surface area contributed by atoms with Crippen molar-refractivity contribution in [2.75, 3.05) is 0 Å². The molecule has 0 aromatic rings. The summed E-state index contributed by atoms with van der Waals surface area (Å²) in [6.07, 6.45) is 8.58. The van der Waals surface area contributed by atoms with Crippen LogP contribution >= 0.6 is 0 Å². The molecule has 0 aromatic carbocycles. The molecule has 4 saturated carbocycles. The molecule has 6 aliphatic rings. The van der Waals surface area contributed by atoms with Gasteiger partial charge in [0.1, 0.15) is 5.83 Å². The standard InChI is InChI=1S/C19H26F2O2/c1-13(22)23-19-11-9-18(10-12-19,14(20)15(19)21)17-6-3-16(2,4-7-17)5-8-17/h3-12H2,1-2H3. The third-order valence-electron chi connectivity index (χ3n) is 7.90. The number of carbonyl (C=O) groups excluding carboxylic acids is 1. The SMILES string of the molecule is CC(=O)OC12CCC(C34CCC(C)(CC3)CC4)(CC1)C(F)=C2F. The van der Waals surface area contributed by atoms with Crippen molar-refractivity contribution in [3.8, 4) is 0 Å². The van der Waals surface area contributed by atoms with Gasteiger partial charge >= 0.3 is 5.97 Å². The Hall–Kier alpha value is -0.930. The maximum Gasteiger partial charge on any atom is 0.303 e. The first-order valence-electron chi connectivity index (χ1n) is 9.03. The number of carbonyl (C=O) groups is 1. The second-order valence-corrected chi connectivity index (χ2v) is 8.89. The van der Waals surface area contributed by atoms with Crippen molar-refractivity contribution >= 4 is 5.97 Å². The monoisotopic (exact) mass is 324 g/mol. The van der Waals surface area contributed by atoms with Gasteiger partial charge in [0.05, 0.1) is 0 Å². The largest absolute Gasteiger partial charge is 0.452 e. The van der Waals surface area contributed by atoms with Gasteiger partial charge in [-0.2, -0.15) is 0 Å². The second kappa shape index (κ2) is 4.58. The first-order valence-corrected chi connectivity index (χ1v) is 9.03. The molecule has 0 aromatic heterocycles. The molecule has 2 nitrogen and oxygen atoms in total. The van der Waals surface area contributed by atoms with Crippen LogP contribution in [0.3, 0.4) is 0 Å². The van der Waals surface area contributed by atoms with Crippen LogP contribution in [-0.2, 0) is 9.53 Å². The van der Waals surface area contributed by atoms with Crippen molar-refractivity contribution in [2.45, 2.75) is 83.7 Å². The van der Waals surface area contributed by atoms with Gasteiger partial charge in [-0.25, -0.2) is 8.78 Å². The van der Waals surface area contributed by atoms with Gasteiger partial charge in [0.2, 0.25) is 0 Å². The molecule has 0 aliphatic heterocycles. The van der Waals surface area contributed by atoms with Crippen molar-refractivity contribution in [1.82, 2.24) is 0 Å². The van der Waals surface area contributed by atoms with Crippen molar-refractivity contribution in [3.05, 3.63) is 11.7 Å². The lowest BCUT2D eigenvalue weighted by Gasteiger charge is -2.64. The zero-order valence-corrected chi connectivity index (χ0v) is 14.1. The number of allylic oxidation sites excluding steroid dienone is 1. The molecule has 6 aliphatic carbocycles. The van der Waals surface area contributed by atoms with Crippen molar-refractivity contribution < 1.29 is 18.3 Å². The molecule has 128 valence electrons. The topological polar surface area (TPSA) is 26.3 Å². The normalized spacial score (nSPS) is 48.7. The lowest BCUT2D eigenvalue weighted by molar-refractivity contribution is -0.178. The molecule has 0 heterocycles. The molecule has 0 spiro atoms. The van der Waals surface area contributed by atoms with E-state index in [4.69, 9.17) is 4.74 Å². The zero-order chi connectivity index (χ0) is 16.5. The number of fused-ring (bicyclic) bond motifs is 5. The number of halogens is 2. The van der Waals surface area contributed by atoms with Gasteiger partial charge in [0.15, 0.2) is 11.4 Å². The Morgan fingerprint density at radius 1 is 0.870 bits per heavy atom. The Kier molecular flexibility index (Phi) is 3.10. The number of ether oxygens (including phenoxy) is 1. The fourth-order valence-corrected chi connectivity index (χ4v) is 6.21. The number of esters is 1. The maximum absolute atomic E-state index is 15.3. The lowest BCUT2D eigenvalue weighted by Crippen LogP contribution is -2.58. The highest BCUT2D eigenvalue weighted by Crippen LogP contribution is 2.72. The first-order chi connectivity index (χ1) is 10.8. The zero-order valence-electron chi connectivity index (χ0n) is 14.1. The molecule has 6 rings (SSSR count). The lowest BCUT2D eigenvalue weighted by atomic mass is 9.41. The van der Waals surface area contributed by atoms with E-state index in [1.54, 1.807) is 0 Å². The van der Waals surface area contributed by atoms with E-state index < -0.39 is 28.6 Å². The van der Waals surface area contributed by atoms with Gasteiger partial charge in [-0.15, -0.1) is 0 Å². The Morgan fingerprint density at radius 2 is 1.39 bits per heavy atom. The second-order valence-electron chi connectivity index (χ2n) is 8.89. The summed E-state index contributed by atoms with van der Waals surface area (Å²) in [6.45, 7) is 3.62. The quantitative estimate of drug-likeness (QED) is 0.638. The number of hydrogen-bond acceptors (Lipinski definition) is 2. The Labute approximate surface area is 136 Å².